The van der Waals surface area contributed by atoms with E-state index in [2.05, 4.69) is 0 Å². The van der Waals surface area contributed by atoms with Gasteiger partial charge in [0.05, 0.1) is 22.0 Å². The van der Waals surface area contributed by atoms with Gasteiger partial charge in [-0.1, -0.05) is 23.2 Å². The van der Waals surface area contributed by atoms with Crippen LogP contribution < -0.4 is 0 Å². The third-order valence-electron chi connectivity index (χ3n) is 3.35. The fourth-order valence-corrected chi connectivity index (χ4v) is 4.76. The molecule has 6 heteroatoms. The molecule has 0 amide bonds. The normalized spacial score (nSPS) is 22.7. The Balaban J connectivity index is 2.14. The lowest BCUT2D eigenvalue weighted by Gasteiger charge is -2.12. The molecule has 3 rings (SSSR count). The summed E-state index contributed by atoms with van der Waals surface area (Å²) in [5, 5.41) is 2.07. The minimum absolute atomic E-state index is 0.0120. The maximum Gasteiger partial charge on any atom is 0.152 e. The van der Waals surface area contributed by atoms with Crippen molar-refractivity contribution in [1.82, 2.24) is 4.57 Å². The van der Waals surface area contributed by atoms with Crippen molar-refractivity contribution < 1.29 is 8.42 Å². The van der Waals surface area contributed by atoms with Crippen molar-refractivity contribution >= 4 is 43.9 Å². The Morgan fingerprint density at radius 3 is 2.72 bits per heavy atom. The zero-order valence-corrected chi connectivity index (χ0v) is 11.8. The average Bonchev–Trinajstić information content (AvgIpc) is 2.81. The van der Waals surface area contributed by atoms with Crippen molar-refractivity contribution in [2.45, 2.75) is 12.5 Å². The lowest BCUT2D eigenvalue weighted by atomic mass is 10.2. The predicted molar refractivity (Wildman–Crippen MR) is 74.3 cm³/mol. The molecule has 1 aromatic carbocycles. The van der Waals surface area contributed by atoms with E-state index in [1.165, 1.54) is 0 Å². The van der Waals surface area contributed by atoms with Crippen LogP contribution in [0.25, 0.3) is 10.9 Å². The number of nitrogens with zero attached hydrogens (tertiary/aromatic N) is 1. The van der Waals surface area contributed by atoms with E-state index in [0.717, 1.165) is 10.9 Å². The molecule has 96 valence electrons. The van der Waals surface area contributed by atoms with Crippen LogP contribution in [0.2, 0.25) is 10.0 Å². The van der Waals surface area contributed by atoms with Crippen molar-refractivity contribution in [2.24, 2.45) is 0 Å². The van der Waals surface area contributed by atoms with Crippen LogP contribution in [0.3, 0.4) is 0 Å². The van der Waals surface area contributed by atoms with Crippen LogP contribution in [0.4, 0.5) is 0 Å². The van der Waals surface area contributed by atoms with E-state index in [1.54, 1.807) is 6.07 Å². The maximum atomic E-state index is 11.5. The Kier molecular flexibility index (Phi) is 2.84. The molecule has 0 aliphatic carbocycles. The third kappa shape index (κ3) is 2.02. The van der Waals surface area contributed by atoms with E-state index in [1.807, 2.05) is 22.9 Å². The number of benzene rings is 1. The van der Waals surface area contributed by atoms with Gasteiger partial charge in [-0.2, -0.15) is 0 Å². The third-order valence-corrected chi connectivity index (χ3v) is 5.64. The van der Waals surface area contributed by atoms with Crippen LogP contribution in [-0.4, -0.2) is 24.5 Å². The zero-order chi connectivity index (χ0) is 12.9. The second-order valence-corrected chi connectivity index (χ2v) is 7.67. The van der Waals surface area contributed by atoms with E-state index in [-0.39, 0.29) is 17.5 Å². The fraction of sp³-hybridized carbons (Fsp3) is 0.333. The molecule has 2 aromatic rings. The van der Waals surface area contributed by atoms with Gasteiger partial charge < -0.3 is 4.57 Å². The molecule has 0 spiro atoms. The number of rotatable bonds is 1. The maximum absolute atomic E-state index is 11.5. The average molecular weight is 304 g/mol. The van der Waals surface area contributed by atoms with Crippen molar-refractivity contribution in [1.29, 1.82) is 0 Å². The number of aromatic nitrogens is 1. The number of hydrogen-bond donors (Lipinski definition) is 0. The second kappa shape index (κ2) is 4.15. The van der Waals surface area contributed by atoms with Gasteiger partial charge in [0.2, 0.25) is 0 Å². The number of fused-ring (bicyclic) bond motifs is 1. The van der Waals surface area contributed by atoms with E-state index in [0.29, 0.717) is 16.5 Å². The van der Waals surface area contributed by atoms with Crippen LogP contribution in [0.5, 0.6) is 0 Å². The summed E-state index contributed by atoms with van der Waals surface area (Å²) in [4.78, 5) is 0. The van der Waals surface area contributed by atoms with Crippen LogP contribution in [-0.2, 0) is 9.84 Å². The minimum atomic E-state index is -2.90. The Morgan fingerprint density at radius 1 is 1.28 bits per heavy atom. The van der Waals surface area contributed by atoms with Gasteiger partial charge in [0.1, 0.15) is 0 Å². The van der Waals surface area contributed by atoms with Crippen molar-refractivity contribution in [3.05, 3.63) is 34.4 Å². The van der Waals surface area contributed by atoms with Gasteiger partial charge in [-0.15, -0.1) is 0 Å². The monoisotopic (exact) mass is 303 g/mol. The van der Waals surface area contributed by atoms with Crippen molar-refractivity contribution in [2.75, 3.05) is 11.5 Å². The molecule has 3 nitrogen and oxygen atoms in total. The van der Waals surface area contributed by atoms with Gasteiger partial charge >= 0.3 is 0 Å². The molecule has 2 heterocycles. The molecule has 1 aliphatic rings. The highest BCUT2D eigenvalue weighted by Gasteiger charge is 2.29. The first-order valence-corrected chi connectivity index (χ1v) is 8.20. The number of halogens is 2. The topological polar surface area (TPSA) is 39.1 Å². The van der Waals surface area contributed by atoms with Gasteiger partial charge in [0.15, 0.2) is 9.84 Å². The second-order valence-electron chi connectivity index (χ2n) is 4.60. The molecule has 0 saturated carbocycles. The quantitative estimate of drug-likeness (QED) is 0.811. The van der Waals surface area contributed by atoms with Crippen LogP contribution in [0.1, 0.15) is 12.5 Å². The summed E-state index contributed by atoms with van der Waals surface area (Å²) in [5.74, 6) is 0.451. The molecule has 0 N–H and O–H groups in total. The summed E-state index contributed by atoms with van der Waals surface area (Å²) in [6.45, 7) is 0. The van der Waals surface area contributed by atoms with Gasteiger partial charge in [-0.25, -0.2) is 8.42 Å². The van der Waals surface area contributed by atoms with E-state index in [4.69, 9.17) is 23.2 Å². The number of hydrogen-bond acceptors (Lipinski definition) is 2. The minimum Gasteiger partial charge on any atom is -0.343 e. The lowest BCUT2D eigenvalue weighted by Crippen LogP contribution is -2.09. The van der Waals surface area contributed by atoms with Crippen LogP contribution in [0, 0.1) is 0 Å². The van der Waals surface area contributed by atoms with Crippen LogP contribution in [0.15, 0.2) is 24.4 Å². The summed E-state index contributed by atoms with van der Waals surface area (Å²) in [5.41, 5.74) is 0.898. The Hall–Kier alpha value is -0.710. The Labute approximate surface area is 115 Å². The van der Waals surface area contributed by atoms with Crippen molar-refractivity contribution in [3.63, 3.8) is 0 Å². The molecule has 0 bridgehead atoms. The van der Waals surface area contributed by atoms with Gasteiger partial charge in [-0.05, 0) is 24.6 Å². The summed E-state index contributed by atoms with van der Waals surface area (Å²) in [7, 11) is -2.90. The molecule has 1 atom stereocenters. The first-order chi connectivity index (χ1) is 8.46. The smallest absolute Gasteiger partial charge is 0.152 e. The van der Waals surface area contributed by atoms with Gasteiger partial charge in [-0.3, -0.25) is 0 Å². The van der Waals surface area contributed by atoms with E-state index < -0.39 is 9.84 Å². The van der Waals surface area contributed by atoms with Gasteiger partial charge in [0.25, 0.3) is 0 Å². The standard InChI is InChI=1S/C12H11Cl2NO2S/c13-8-5-11(14)10-1-3-15(12(10)6-8)9-2-4-18(16,17)7-9/h1,3,5-6,9H,2,4,7H2. The SMILES string of the molecule is O=S1(=O)CCC(n2ccc3c(Cl)cc(Cl)cc32)C1. The predicted octanol–water partition coefficient (Wildman–Crippen LogP) is 3.31. The molecule has 1 aliphatic heterocycles. The van der Waals surface area contributed by atoms with Crippen molar-refractivity contribution in [3.8, 4) is 0 Å². The molecular weight excluding hydrogens is 293 g/mol. The highest BCUT2D eigenvalue weighted by Crippen LogP contribution is 2.33. The van der Waals surface area contributed by atoms with E-state index in [9.17, 15) is 8.42 Å². The fourth-order valence-electron chi connectivity index (χ4n) is 2.50. The highest BCUT2D eigenvalue weighted by molar-refractivity contribution is 7.91. The largest absolute Gasteiger partial charge is 0.343 e. The van der Waals surface area contributed by atoms with Crippen LogP contribution >= 0.6 is 23.2 Å². The first kappa shape index (κ1) is 12.3. The first-order valence-electron chi connectivity index (χ1n) is 5.62. The molecular formula is C12H11Cl2NO2S. The molecule has 1 aromatic heterocycles. The summed E-state index contributed by atoms with van der Waals surface area (Å²) in [6.07, 6.45) is 2.54. The Bertz CT molecular complexity index is 721. The Morgan fingerprint density at radius 2 is 2.06 bits per heavy atom. The van der Waals surface area contributed by atoms with Gasteiger partial charge in [0, 0.05) is 22.6 Å². The molecule has 18 heavy (non-hydrogen) atoms. The zero-order valence-electron chi connectivity index (χ0n) is 9.44. The molecule has 0 radical (unpaired) electrons. The van der Waals surface area contributed by atoms with E-state index >= 15 is 0 Å². The lowest BCUT2D eigenvalue weighted by molar-refractivity contribution is 0.572. The molecule has 1 unspecified atom stereocenters. The molecule has 1 fully saturated rings. The summed E-state index contributed by atoms with van der Waals surface area (Å²) < 4.78 is 25.1. The number of sulfone groups is 1. The summed E-state index contributed by atoms with van der Waals surface area (Å²) >= 11 is 12.1. The summed E-state index contributed by atoms with van der Waals surface area (Å²) in [6, 6.07) is 5.41. The molecule has 1 saturated heterocycles. The highest BCUT2D eigenvalue weighted by atomic mass is 35.5.